The minimum absolute atomic E-state index is 0.0610. The second-order valence-corrected chi connectivity index (χ2v) is 6.51. The third-order valence-electron chi connectivity index (χ3n) is 4.37. The highest BCUT2D eigenvalue weighted by molar-refractivity contribution is 6.31. The van der Waals surface area contributed by atoms with E-state index in [-0.39, 0.29) is 29.7 Å². The molecule has 1 fully saturated rings. The summed E-state index contributed by atoms with van der Waals surface area (Å²) in [6.07, 6.45) is 1.07. The number of anilines is 2. The SMILES string of the molecule is CCc1ccc(N2CC(C(=O)Nc3cc(Cl)ccc3O)CC2=O)cc1. The predicted molar refractivity (Wildman–Crippen MR) is 98.0 cm³/mol. The van der Waals surface area contributed by atoms with Gasteiger partial charge in [0.05, 0.1) is 11.6 Å². The lowest BCUT2D eigenvalue weighted by Gasteiger charge is -2.17. The van der Waals surface area contributed by atoms with Gasteiger partial charge in [-0.2, -0.15) is 0 Å². The summed E-state index contributed by atoms with van der Waals surface area (Å²) >= 11 is 5.89. The molecule has 1 aliphatic rings. The average molecular weight is 359 g/mol. The number of phenolic OH excluding ortho intramolecular Hbond substituents is 1. The van der Waals surface area contributed by atoms with Crippen molar-refractivity contribution in [2.24, 2.45) is 5.92 Å². The Labute approximate surface area is 151 Å². The molecular weight excluding hydrogens is 340 g/mol. The second kappa shape index (κ2) is 7.15. The topological polar surface area (TPSA) is 69.6 Å². The molecule has 2 N–H and O–H groups in total. The van der Waals surface area contributed by atoms with Crippen LogP contribution in [-0.4, -0.2) is 23.5 Å². The number of carbonyl (C=O) groups is 2. The zero-order valence-corrected chi connectivity index (χ0v) is 14.6. The molecule has 2 aromatic rings. The van der Waals surface area contributed by atoms with Gasteiger partial charge in [0.25, 0.3) is 0 Å². The summed E-state index contributed by atoms with van der Waals surface area (Å²) in [4.78, 5) is 26.4. The summed E-state index contributed by atoms with van der Waals surface area (Å²) in [6, 6.07) is 12.2. The summed E-state index contributed by atoms with van der Waals surface area (Å²) < 4.78 is 0. The number of nitrogens with zero attached hydrogens (tertiary/aromatic N) is 1. The lowest BCUT2D eigenvalue weighted by Crippen LogP contribution is -2.28. The molecule has 0 aromatic heterocycles. The molecule has 0 aliphatic carbocycles. The first kappa shape index (κ1) is 17.3. The first-order valence-corrected chi connectivity index (χ1v) is 8.54. The van der Waals surface area contributed by atoms with E-state index in [9.17, 15) is 14.7 Å². The van der Waals surface area contributed by atoms with Crippen LogP contribution in [0.15, 0.2) is 42.5 Å². The van der Waals surface area contributed by atoms with Crippen molar-refractivity contribution in [2.75, 3.05) is 16.8 Å². The third-order valence-corrected chi connectivity index (χ3v) is 4.60. The normalized spacial score (nSPS) is 17.0. The van der Waals surface area contributed by atoms with E-state index < -0.39 is 5.92 Å². The Balaban J connectivity index is 1.70. The minimum Gasteiger partial charge on any atom is -0.506 e. The van der Waals surface area contributed by atoms with Crippen LogP contribution < -0.4 is 10.2 Å². The fourth-order valence-corrected chi connectivity index (χ4v) is 3.06. The third kappa shape index (κ3) is 3.77. The standard InChI is InChI=1S/C19H19ClN2O3/c1-2-12-3-6-15(7-4-12)22-11-13(9-18(22)24)19(25)21-16-10-14(20)5-8-17(16)23/h3-8,10,13,23H,2,9,11H2,1H3,(H,21,25). The summed E-state index contributed by atoms with van der Waals surface area (Å²) in [5.74, 6) is -0.927. The first-order chi connectivity index (χ1) is 12.0. The molecule has 130 valence electrons. The highest BCUT2D eigenvalue weighted by atomic mass is 35.5. The molecule has 0 saturated carbocycles. The number of benzene rings is 2. The van der Waals surface area contributed by atoms with E-state index in [1.807, 2.05) is 24.3 Å². The number of aryl methyl sites for hydroxylation is 1. The first-order valence-electron chi connectivity index (χ1n) is 8.16. The Bertz CT molecular complexity index is 805. The number of hydrogen-bond acceptors (Lipinski definition) is 3. The van der Waals surface area contributed by atoms with Gasteiger partial charge in [0.15, 0.2) is 0 Å². The van der Waals surface area contributed by atoms with Crippen molar-refractivity contribution in [1.29, 1.82) is 0 Å². The molecule has 6 heteroatoms. The van der Waals surface area contributed by atoms with Crippen molar-refractivity contribution in [3.05, 3.63) is 53.1 Å². The van der Waals surface area contributed by atoms with Crippen LogP contribution in [0, 0.1) is 5.92 Å². The Morgan fingerprint density at radius 3 is 2.68 bits per heavy atom. The van der Waals surface area contributed by atoms with Crippen LogP contribution in [0.1, 0.15) is 18.9 Å². The summed E-state index contributed by atoms with van der Waals surface area (Å²) in [6.45, 7) is 2.39. The van der Waals surface area contributed by atoms with Crippen LogP contribution in [0.4, 0.5) is 11.4 Å². The van der Waals surface area contributed by atoms with Gasteiger partial charge in [-0.3, -0.25) is 9.59 Å². The van der Waals surface area contributed by atoms with E-state index >= 15 is 0 Å². The Morgan fingerprint density at radius 1 is 1.28 bits per heavy atom. The van der Waals surface area contributed by atoms with Gasteiger partial charge < -0.3 is 15.3 Å². The van der Waals surface area contributed by atoms with Gasteiger partial charge in [0.2, 0.25) is 11.8 Å². The van der Waals surface area contributed by atoms with Gasteiger partial charge in [0, 0.05) is 23.7 Å². The molecular formula is C19H19ClN2O3. The molecule has 1 heterocycles. The van der Waals surface area contributed by atoms with E-state index in [1.54, 1.807) is 4.90 Å². The van der Waals surface area contributed by atoms with Crippen LogP contribution in [0.2, 0.25) is 5.02 Å². The molecule has 0 bridgehead atoms. The number of hydrogen-bond donors (Lipinski definition) is 2. The van der Waals surface area contributed by atoms with Gasteiger partial charge in [-0.25, -0.2) is 0 Å². The molecule has 5 nitrogen and oxygen atoms in total. The van der Waals surface area contributed by atoms with Gasteiger partial charge >= 0.3 is 0 Å². The van der Waals surface area contributed by atoms with Crippen molar-refractivity contribution in [3.63, 3.8) is 0 Å². The van der Waals surface area contributed by atoms with Crippen LogP contribution in [-0.2, 0) is 16.0 Å². The molecule has 2 amide bonds. The zero-order chi connectivity index (χ0) is 18.0. The van der Waals surface area contributed by atoms with Gasteiger partial charge in [0.1, 0.15) is 5.75 Å². The number of aromatic hydroxyl groups is 1. The number of carbonyl (C=O) groups excluding carboxylic acids is 2. The van der Waals surface area contributed by atoms with Gasteiger partial charge in [-0.15, -0.1) is 0 Å². The molecule has 2 aromatic carbocycles. The van der Waals surface area contributed by atoms with Crippen molar-refractivity contribution < 1.29 is 14.7 Å². The molecule has 3 rings (SSSR count). The molecule has 25 heavy (non-hydrogen) atoms. The number of amides is 2. The summed E-state index contributed by atoms with van der Waals surface area (Å²) in [5.41, 5.74) is 2.24. The Morgan fingerprint density at radius 2 is 2.00 bits per heavy atom. The second-order valence-electron chi connectivity index (χ2n) is 6.08. The Kier molecular flexibility index (Phi) is 4.95. The quantitative estimate of drug-likeness (QED) is 0.820. The summed E-state index contributed by atoms with van der Waals surface area (Å²) in [5, 5.41) is 12.9. The average Bonchev–Trinajstić information content (AvgIpc) is 3.00. The molecule has 1 aliphatic heterocycles. The van der Waals surface area contributed by atoms with Crippen molar-refractivity contribution in [3.8, 4) is 5.75 Å². The highest BCUT2D eigenvalue weighted by Crippen LogP contribution is 2.30. The van der Waals surface area contributed by atoms with Crippen molar-refractivity contribution >= 4 is 34.8 Å². The maximum absolute atomic E-state index is 12.5. The molecule has 1 saturated heterocycles. The fraction of sp³-hybridized carbons (Fsp3) is 0.263. The number of rotatable bonds is 4. The highest BCUT2D eigenvalue weighted by Gasteiger charge is 2.35. The van der Waals surface area contributed by atoms with Crippen molar-refractivity contribution in [1.82, 2.24) is 0 Å². The number of halogens is 1. The lowest BCUT2D eigenvalue weighted by molar-refractivity contribution is -0.122. The number of nitrogens with one attached hydrogen (secondary N) is 1. The van der Waals surface area contributed by atoms with Crippen LogP contribution in [0.3, 0.4) is 0 Å². The largest absolute Gasteiger partial charge is 0.506 e. The smallest absolute Gasteiger partial charge is 0.229 e. The van der Waals surface area contributed by atoms with Crippen LogP contribution in [0.25, 0.3) is 0 Å². The fourth-order valence-electron chi connectivity index (χ4n) is 2.89. The molecule has 1 unspecified atom stereocenters. The van der Waals surface area contributed by atoms with E-state index in [1.165, 1.54) is 23.8 Å². The maximum Gasteiger partial charge on any atom is 0.229 e. The van der Waals surface area contributed by atoms with E-state index in [4.69, 9.17) is 11.6 Å². The molecule has 1 atom stereocenters. The molecule has 0 spiro atoms. The Hall–Kier alpha value is -2.53. The monoisotopic (exact) mass is 358 g/mol. The predicted octanol–water partition coefficient (Wildman–Crippen LogP) is 3.60. The maximum atomic E-state index is 12.5. The van der Waals surface area contributed by atoms with Crippen LogP contribution in [0.5, 0.6) is 5.75 Å². The lowest BCUT2D eigenvalue weighted by atomic mass is 10.1. The van der Waals surface area contributed by atoms with Crippen molar-refractivity contribution in [2.45, 2.75) is 19.8 Å². The van der Waals surface area contributed by atoms with Crippen LogP contribution >= 0.6 is 11.6 Å². The minimum atomic E-state index is -0.475. The van der Waals surface area contributed by atoms with E-state index in [0.29, 0.717) is 11.6 Å². The van der Waals surface area contributed by atoms with E-state index in [0.717, 1.165) is 12.1 Å². The van der Waals surface area contributed by atoms with Gasteiger partial charge in [-0.05, 0) is 42.3 Å². The molecule has 0 radical (unpaired) electrons. The zero-order valence-electron chi connectivity index (χ0n) is 13.8. The van der Waals surface area contributed by atoms with E-state index in [2.05, 4.69) is 12.2 Å². The number of phenols is 1. The van der Waals surface area contributed by atoms with Gasteiger partial charge in [-0.1, -0.05) is 30.7 Å². The summed E-state index contributed by atoms with van der Waals surface area (Å²) in [7, 11) is 0.